The maximum Gasteiger partial charge on any atom is 0.296 e. The Morgan fingerprint density at radius 2 is 0.583 bits per heavy atom. The van der Waals surface area contributed by atoms with Gasteiger partial charge in [-0.2, -0.15) is 0 Å². The predicted molar refractivity (Wildman–Crippen MR) is 198 cm³/mol. The SMILES string of the molecule is c1ccc(N2c3ccccc3N3c4c2cccc4N(c2ccccc2)C32N(c3ccccc3)c3ccccc3N2c2ccccc2)cc1. The maximum atomic E-state index is 2.58. The van der Waals surface area contributed by atoms with Crippen molar-refractivity contribution in [1.82, 2.24) is 0 Å². The molecule has 3 aliphatic rings. The van der Waals surface area contributed by atoms with Crippen molar-refractivity contribution in [2.75, 3.05) is 24.5 Å². The number of nitrogens with zero attached hydrogens (tertiary/aromatic N) is 5. The quantitative estimate of drug-likeness (QED) is 0.195. The lowest BCUT2D eigenvalue weighted by atomic mass is 10.1. The highest BCUT2D eigenvalue weighted by Crippen LogP contribution is 2.69. The molecule has 7 aromatic rings. The number of para-hydroxylation sites is 9. The van der Waals surface area contributed by atoms with E-state index >= 15 is 0 Å². The molecule has 0 radical (unpaired) electrons. The summed E-state index contributed by atoms with van der Waals surface area (Å²) in [7, 11) is 0. The van der Waals surface area contributed by atoms with Crippen LogP contribution in [0.15, 0.2) is 188 Å². The molecule has 1 spiro atoms. The van der Waals surface area contributed by atoms with Crippen molar-refractivity contribution in [2.45, 2.75) is 5.91 Å². The largest absolute Gasteiger partial charge is 0.306 e. The molecule has 0 N–H and O–H groups in total. The Labute approximate surface area is 280 Å². The second-order valence-electron chi connectivity index (χ2n) is 12.2. The van der Waals surface area contributed by atoms with Crippen LogP contribution in [0.2, 0.25) is 0 Å². The van der Waals surface area contributed by atoms with Crippen molar-refractivity contribution >= 4 is 62.6 Å². The van der Waals surface area contributed by atoms with Crippen molar-refractivity contribution in [3.8, 4) is 0 Å². The number of anilines is 11. The van der Waals surface area contributed by atoms with Crippen molar-refractivity contribution in [1.29, 1.82) is 0 Å². The van der Waals surface area contributed by atoms with E-state index in [1.807, 2.05) is 0 Å². The molecule has 228 valence electrons. The van der Waals surface area contributed by atoms with Crippen molar-refractivity contribution in [2.24, 2.45) is 0 Å². The molecule has 0 saturated heterocycles. The highest BCUT2D eigenvalue weighted by molar-refractivity contribution is 6.11. The number of fused-ring (bicyclic) bond motifs is 4. The summed E-state index contributed by atoms with van der Waals surface area (Å²) in [6.45, 7) is 0. The summed E-state index contributed by atoms with van der Waals surface area (Å²) in [6, 6.07) is 67.6. The molecule has 3 heterocycles. The summed E-state index contributed by atoms with van der Waals surface area (Å²) in [6.07, 6.45) is 0. The number of hydrogen-bond donors (Lipinski definition) is 0. The van der Waals surface area contributed by atoms with Crippen molar-refractivity contribution in [3.05, 3.63) is 188 Å². The molecule has 0 saturated carbocycles. The Bertz CT molecular complexity index is 2210. The maximum absolute atomic E-state index is 2.58. The molecule has 3 aliphatic heterocycles. The van der Waals surface area contributed by atoms with Gasteiger partial charge in [-0.15, -0.1) is 0 Å². The molecular weight excluding hydrogens is 587 g/mol. The van der Waals surface area contributed by atoms with E-state index < -0.39 is 5.91 Å². The molecule has 48 heavy (non-hydrogen) atoms. The summed E-state index contributed by atoms with van der Waals surface area (Å²) >= 11 is 0. The first-order valence-electron chi connectivity index (χ1n) is 16.4. The summed E-state index contributed by atoms with van der Waals surface area (Å²) in [5.74, 6) is -0.939. The fourth-order valence-electron chi connectivity index (χ4n) is 7.96. The highest BCUT2D eigenvalue weighted by Gasteiger charge is 2.66. The molecule has 0 amide bonds. The molecule has 0 fully saturated rings. The van der Waals surface area contributed by atoms with Gasteiger partial charge in [0, 0.05) is 22.7 Å². The average molecular weight is 618 g/mol. The lowest BCUT2D eigenvalue weighted by molar-refractivity contribution is 0.479. The smallest absolute Gasteiger partial charge is 0.296 e. The number of rotatable bonds is 4. The topological polar surface area (TPSA) is 16.2 Å². The van der Waals surface area contributed by atoms with E-state index in [2.05, 4.69) is 213 Å². The van der Waals surface area contributed by atoms with Crippen LogP contribution in [0.3, 0.4) is 0 Å². The monoisotopic (exact) mass is 617 g/mol. The molecule has 0 unspecified atom stereocenters. The van der Waals surface area contributed by atoms with Crippen molar-refractivity contribution in [3.63, 3.8) is 0 Å². The zero-order valence-electron chi connectivity index (χ0n) is 26.1. The van der Waals surface area contributed by atoms with Gasteiger partial charge in [-0.3, -0.25) is 19.6 Å². The van der Waals surface area contributed by atoms with Gasteiger partial charge in [0.25, 0.3) is 5.91 Å². The molecule has 0 aliphatic carbocycles. The zero-order chi connectivity index (χ0) is 31.7. The van der Waals surface area contributed by atoms with Crippen molar-refractivity contribution < 1.29 is 0 Å². The van der Waals surface area contributed by atoms with E-state index in [1.165, 1.54) is 0 Å². The normalized spacial score (nSPS) is 15.0. The van der Waals surface area contributed by atoms with Gasteiger partial charge in [-0.1, -0.05) is 103 Å². The molecular formula is C43H31N5. The van der Waals surface area contributed by atoms with Gasteiger partial charge in [-0.25, -0.2) is 0 Å². The standard InChI is InChI=1S/C43H31N5/c1-5-18-32(19-6-1)44-36-26-13-14-27-37(36)48-42-40(44)30-17-31-41(42)47(35-24-11-4-12-25-35)43(48)45(33-20-7-2-8-21-33)38-28-15-16-29-39(38)46(43)34-22-9-3-10-23-34/h1-31H. The predicted octanol–water partition coefficient (Wildman–Crippen LogP) is 11.4. The van der Waals surface area contributed by atoms with Gasteiger partial charge in [0.2, 0.25) is 0 Å². The van der Waals surface area contributed by atoms with Crippen LogP contribution in [0, 0.1) is 0 Å². The van der Waals surface area contributed by atoms with Crippen LogP contribution >= 0.6 is 0 Å². The van der Waals surface area contributed by atoms with Gasteiger partial charge in [0.05, 0.1) is 39.8 Å². The lowest BCUT2D eigenvalue weighted by Gasteiger charge is -2.54. The first-order valence-corrected chi connectivity index (χ1v) is 16.4. The third-order valence-corrected chi connectivity index (χ3v) is 9.68. The van der Waals surface area contributed by atoms with E-state index in [1.54, 1.807) is 0 Å². The zero-order valence-corrected chi connectivity index (χ0v) is 26.1. The Kier molecular flexibility index (Phi) is 5.72. The second kappa shape index (κ2) is 10.3. The van der Waals surface area contributed by atoms with Crippen LogP contribution < -0.4 is 24.5 Å². The molecule has 5 heteroatoms. The molecule has 0 bridgehead atoms. The Balaban J connectivity index is 1.39. The molecule has 5 nitrogen and oxygen atoms in total. The number of hydrogen-bond acceptors (Lipinski definition) is 5. The van der Waals surface area contributed by atoms with Crippen LogP contribution in [0.1, 0.15) is 0 Å². The first kappa shape index (κ1) is 26.7. The minimum absolute atomic E-state index is 0.939. The summed E-state index contributed by atoms with van der Waals surface area (Å²) < 4.78 is 0. The second-order valence-corrected chi connectivity index (χ2v) is 12.2. The molecule has 7 aromatic carbocycles. The van der Waals surface area contributed by atoms with E-state index in [9.17, 15) is 0 Å². The van der Waals surface area contributed by atoms with Crippen LogP contribution in [0.5, 0.6) is 0 Å². The number of benzene rings is 7. The Hall–Kier alpha value is -6.46. The summed E-state index contributed by atoms with van der Waals surface area (Å²) in [4.78, 5) is 12.6. The molecule has 0 atom stereocenters. The van der Waals surface area contributed by atoms with Crippen LogP contribution in [-0.4, -0.2) is 5.91 Å². The van der Waals surface area contributed by atoms with Crippen LogP contribution in [0.25, 0.3) is 0 Å². The minimum atomic E-state index is -0.939. The van der Waals surface area contributed by atoms with Gasteiger partial charge < -0.3 is 4.90 Å². The van der Waals surface area contributed by atoms with E-state index in [0.29, 0.717) is 0 Å². The molecule has 0 aromatic heterocycles. The van der Waals surface area contributed by atoms with Crippen LogP contribution in [0.4, 0.5) is 62.6 Å². The first-order chi connectivity index (χ1) is 23.9. The van der Waals surface area contributed by atoms with Gasteiger partial charge in [-0.05, 0) is 84.9 Å². The Morgan fingerprint density at radius 3 is 1.06 bits per heavy atom. The van der Waals surface area contributed by atoms with Gasteiger partial charge >= 0.3 is 0 Å². The lowest BCUT2D eigenvalue weighted by Crippen LogP contribution is -2.70. The Morgan fingerprint density at radius 1 is 0.250 bits per heavy atom. The van der Waals surface area contributed by atoms with Gasteiger partial charge in [0.15, 0.2) is 0 Å². The fraction of sp³-hybridized carbons (Fsp3) is 0.0233. The third kappa shape index (κ3) is 3.50. The molecule has 10 rings (SSSR count). The van der Waals surface area contributed by atoms with Crippen LogP contribution in [-0.2, 0) is 0 Å². The minimum Gasteiger partial charge on any atom is -0.306 e. The highest BCUT2D eigenvalue weighted by atomic mass is 15.8. The average Bonchev–Trinajstić information content (AvgIpc) is 3.63. The van der Waals surface area contributed by atoms with E-state index in [0.717, 1.165) is 62.6 Å². The fourth-order valence-corrected chi connectivity index (χ4v) is 7.96. The van der Waals surface area contributed by atoms with Gasteiger partial charge in [0.1, 0.15) is 0 Å². The summed E-state index contributed by atoms with van der Waals surface area (Å²) in [5.41, 5.74) is 12.3. The summed E-state index contributed by atoms with van der Waals surface area (Å²) in [5, 5.41) is 0. The van der Waals surface area contributed by atoms with E-state index in [4.69, 9.17) is 0 Å². The van der Waals surface area contributed by atoms with E-state index in [-0.39, 0.29) is 0 Å². The third-order valence-electron chi connectivity index (χ3n) is 9.68.